The van der Waals surface area contributed by atoms with E-state index in [0.717, 1.165) is 10.6 Å². The second-order valence-electron chi connectivity index (χ2n) is 9.47. The molecule has 35 heavy (non-hydrogen) atoms. The summed E-state index contributed by atoms with van der Waals surface area (Å²) in [7, 11) is 0. The first-order valence-electron chi connectivity index (χ1n) is 11.2. The molecule has 2 aromatic carbocycles. The molecule has 1 heterocycles. The summed E-state index contributed by atoms with van der Waals surface area (Å²) in [4.78, 5) is 60.8. The van der Waals surface area contributed by atoms with Gasteiger partial charge < -0.3 is 10.1 Å². The third-order valence-electron chi connectivity index (χ3n) is 5.61. The van der Waals surface area contributed by atoms with Crippen LogP contribution in [0.1, 0.15) is 60.4 Å². The van der Waals surface area contributed by atoms with Crippen molar-refractivity contribution in [2.24, 2.45) is 5.92 Å². The van der Waals surface area contributed by atoms with E-state index in [0.29, 0.717) is 16.8 Å². The first-order valence-corrected chi connectivity index (χ1v) is 11.2. The number of ether oxygens (including phenoxy) is 1. The van der Waals surface area contributed by atoms with E-state index in [9.17, 15) is 24.0 Å². The number of benzene rings is 2. The molecule has 2 N–H and O–H groups in total. The number of nitrogens with zero attached hydrogens (tertiary/aromatic N) is 1. The van der Waals surface area contributed by atoms with Gasteiger partial charge in [0.15, 0.2) is 12.4 Å². The summed E-state index contributed by atoms with van der Waals surface area (Å²) >= 11 is 0. The van der Waals surface area contributed by atoms with E-state index in [1.807, 2.05) is 12.1 Å². The molecule has 0 spiro atoms. The van der Waals surface area contributed by atoms with Crippen molar-refractivity contribution in [1.29, 1.82) is 0 Å². The van der Waals surface area contributed by atoms with Crippen molar-refractivity contribution >= 4 is 35.2 Å². The zero-order valence-electron chi connectivity index (χ0n) is 20.2. The van der Waals surface area contributed by atoms with Gasteiger partial charge in [-0.1, -0.05) is 45.0 Å². The minimum atomic E-state index is -0.806. The molecule has 0 aliphatic carbocycles. The third kappa shape index (κ3) is 6.75. The maximum absolute atomic E-state index is 12.5. The van der Waals surface area contributed by atoms with Gasteiger partial charge in [0.05, 0.1) is 12.5 Å². The number of Topliss-reactive ketones (excluding diaryl/α,β-unsaturated/α-hetero) is 1. The lowest BCUT2D eigenvalue weighted by Gasteiger charge is -2.20. The van der Waals surface area contributed by atoms with E-state index in [2.05, 4.69) is 31.5 Å². The van der Waals surface area contributed by atoms with Crippen molar-refractivity contribution in [1.82, 2.24) is 10.4 Å². The van der Waals surface area contributed by atoms with E-state index >= 15 is 0 Å². The van der Waals surface area contributed by atoms with Crippen LogP contribution >= 0.6 is 0 Å². The van der Waals surface area contributed by atoms with Crippen molar-refractivity contribution in [3.05, 3.63) is 65.2 Å². The Morgan fingerprint density at radius 2 is 1.71 bits per heavy atom. The monoisotopic (exact) mass is 479 g/mol. The Bertz CT molecular complexity index is 1150. The molecule has 184 valence electrons. The number of amides is 3. The van der Waals surface area contributed by atoms with Crippen LogP contribution < -0.4 is 10.7 Å². The standard InChI is InChI=1S/C26H29N3O6/c1-16(30)18-6-5-7-21(12-18)27-22(31)15-35-25(34)19-13-23(32)29(14-19)28-24(33)17-8-10-20(11-9-17)26(2,3)4/h5-12,19H,13-15H2,1-4H3,(H,27,31)(H,28,33)/t19-/m1/s1. The van der Waals surface area contributed by atoms with E-state index < -0.39 is 36.2 Å². The topological polar surface area (TPSA) is 122 Å². The second kappa shape index (κ2) is 10.5. The fraction of sp³-hybridized carbons (Fsp3) is 0.346. The molecule has 3 rings (SSSR count). The Hall–Kier alpha value is -4.01. The molecule has 0 aromatic heterocycles. The van der Waals surface area contributed by atoms with Gasteiger partial charge >= 0.3 is 5.97 Å². The van der Waals surface area contributed by atoms with Crippen LogP contribution in [0.25, 0.3) is 0 Å². The van der Waals surface area contributed by atoms with Crippen LogP contribution in [0.2, 0.25) is 0 Å². The number of ketones is 1. The minimum Gasteiger partial charge on any atom is -0.455 e. The van der Waals surface area contributed by atoms with Gasteiger partial charge in [-0.05, 0) is 42.2 Å². The molecule has 1 fully saturated rings. The van der Waals surface area contributed by atoms with Gasteiger partial charge in [-0.25, -0.2) is 0 Å². The highest BCUT2D eigenvalue weighted by molar-refractivity contribution is 5.98. The van der Waals surface area contributed by atoms with Crippen molar-refractivity contribution in [2.75, 3.05) is 18.5 Å². The molecule has 1 aliphatic heterocycles. The van der Waals surface area contributed by atoms with E-state index in [1.54, 1.807) is 30.3 Å². The molecule has 2 aromatic rings. The maximum Gasteiger partial charge on any atom is 0.311 e. The summed E-state index contributed by atoms with van der Waals surface area (Å²) in [6, 6.07) is 13.5. The summed E-state index contributed by atoms with van der Waals surface area (Å²) in [5, 5.41) is 3.65. The molecule has 0 radical (unpaired) electrons. The number of nitrogens with one attached hydrogen (secondary N) is 2. The Labute approximate surface area is 203 Å². The lowest BCUT2D eigenvalue weighted by atomic mass is 9.87. The summed E-state index contributed by atoms with van der Waals surface area (Å²) < 4.78 is 5.06. The van der Waals surface area contributed by atoms with Gasteiger partial charge in [0.2, 0.25) is 5.91 Å². The van der Waals surface area contributed by atoms with Crippen molar-refractivity contribution < 1.29 is 28.7 Å². The van der Waals surface area contributed by atoms with Gasteiger partial charge in [0, 0.05) is 23.2 Å². The molecule has 0 saturated carbocycles. The van der Waals surface area contributed by atoms with Crippen LogP contribution in [0.3, 0.4) is 0 Å². The van der Waals surface area contributed by atoms with Gasteiger partial charge in [0.25, 0.3) is 11.8 Å². The predicted molar refractivity (Wildman–Crippen MR) is 128 cm³/mol. The summed E-state index contributed by atoms with van der Waals surface area (Å²) in [6.45, 7) is 7.03. The molecule has 9 nitrogen and oxygen atoms in total. The maximum atomic E-state index is 12.5. The van der Waals surface area contributed by atoms with Crippen LogP contribution in [-0.2, 0) is 24.5 Å². The number of carbonyl (C=O) groups excluding carboxylic acids is 5. The first kappa shape index (κ1) is 25.6. The molecule has 9 heteroatoms. The fourth-order valence-corrected chi connectivity index (χ4v) is 3.55. The predicted octanol–water partition coefficient (Wildman–Crippen LogP) is 2.86. The Morgan fingerprint density at radius 3 is 2.34 bits per heavy atom. The third-order valence-corrected chi connectivity index (χ3v) is 5.61. The number of esters is 1. The summed E-state index contributed by atoms with van der Waals surface area (Å²) in [5.41, 5.74) is 4.79. The van der Waals surface area contributed by atoms with Crippen LogP contribution in [0.15, 0.2) is 48.5 Å². The Morgan fingerprint density at radius 1 is 1.03 bits per heavy atom. The second-order valence-corrected chi connectivity index (χ2v) is 9.47. The lowest BCUT2D eigenvalue weighted by molar-refractivity contribution is -0.151. The largest absolute Gasteiger partial charge is 0.455 e. The molecule has 1 saturated heterocycles. The molecule has 1 aliphatic rings. The van der Waals surface area contributed by atoms with Crippen molar-refractivity contribution in [3.63, 3.8) is 0 Å². The smallest absolute Gasteiger partial charge is 0.311 e. The van der Waals surface area contributed by atoms with Crippen molar-refractivity contribution in [2.45, 2.75) is 39.5 Å². The highest BCUT2D eigenvalue weighted by Crippen LogP contribution is 2.23. The van der Waals surface area contributed by atoms with Gasteiger partial charge in [-0.15, -0.1) is 0 Å². The lowest BCUT2D eigenvalue weighted by Crippen LogP contribution is -2.43. The Balaban J connectivity index is 1.49. The van der Waals surface area contributed by atoms with Gasteiger partial charge in [0.1, 0.15) is 0 Å². The van der Waals surface area contributed by atoms with Crippen LogP contribution in [0.5, 0.6) is 0 Å². The minimum absolute atomic E-state index is 0.0498. The number of hydrogen-bond acceptors (Lipinski definition) is 6. The average Bonchev–Trinajstić information content (AvgIpc) is 3.17. The molecular formula is C26H29N3O6. The van der Waals surface area contributed by atoms with Gasteiger partial charge in [-0.2, -0.15) is 0 Å². The first-order chi connectivity index (χ1) is 16.4. The van der Waals surface area contributed by atoms with Crippen LogP contribution in [0, 0.1) is 5.92 Å². The van der Waals surface area contributed by atoms with E-state index in [1.165, 1.54) is 13.0 Å². The van der Waals surface area contributed by atoms with Gasteiger partial charge in [-0.3, -0.25) is 34.4 Å². The quantitative estimate of drug-likeness (QED) is 0.465. The van der Waals surface area contributed by atoms with E-state index in [-0.39, 0.29) is 24.2 Å². The SMILES string of the molecule is CC(=O)c1cccc(NC(=O)COC(=O)[C@@H]2CC(=O)N(NC(=O)c3ccc(C(C)(C)C)cc3)C2)c1. The number of anilines is 1. The highest BCUT2D eigenvalue weighted by Gasteiger charge is 2.36. The number of hydrazine groups is 1. The highest BCUT2D eigenvalue weighted by atomic mass is 16.5. The molecule has 0 unspecified atom stereocenters. The van der Waals surface area contributed by atoms with Crippen LogP contribution in [-0.4, -0.2) is 47.6 Å². The molecule has 1 atom stereocenters. The fourth-order valence-electron chi connectivity index (χ4n) is 3.55. The van der Waals surface area contributed by atoms with E-state index in [4.69, 9.17) is 4.74 Å². The number of rotatable bonds is 7. The molecule has 0 bridgehead atoms. The van der Waals surface area contributed by atoms with Crippen molar-refractivity contribution in [3.8, 4) is 0 Å². The average molecular weight is 480 g/mol. The Kier molecular flexibility index (Phi) is 7.68. The molecular weight excluding hydrogens is 450 g/mol. The zero-order chi connectivity index (χ0) is 25.8. The number of hydrogen-bond donors (Lipinski definition) is 2. The number of carbonyl (C=O) groups is 5. The summed E-state index contributed by atoms with van der Waals surface area (Å²) in [6.07, 6.45) is -0.135. The summed E-state index contributed by atoms with van der Waals surface area (Å²) in [5.74, 6) is -3.11. The van der Waals surface area contributed by atoms with Crippen LogP contribution in [0.4, 0.5) is 5.69 Å². The normalized spacial score (nSPS) is 15.5. The zero-order valence-corrected chi connectivity index (χ0v) is 20.2. The molecule has 3 amide bonds.